The highest BCUT2D eigenvalue weighted by molar-refractivity contribution is 9.09. The van der Waals surface area contributed by atoms with Gasteiger partial charge in [0, 0.05) is 6.42 Å². The van der Waals surface area contributed by atoms with E-state index in [2.05, 4.69) is 15.9 Å². The number of amides is 1. The van der Waals surface area contributed by atoms with Gasteiger partial charge >= 0.3 is 0 Å². The summed E-state index contributed by atoms with van der Waals surface area (Å²) in [5.41, 5.74) is 5.86. The van der Waals surface area contributed by atoms with Gasteiger partial charge in [-0.05, 0) is 18.1 Å². The quantitative estimate of drug-likeness (QED) is 0.859. The van der Waals surface area contributed by atoms with Crippen LogP contribution in [-0.2, 0) is 16.0 Å². The van der Waals surface area contributed by atoms with E-state index in [9.17, 15) is 4.79 Å². The number of primary amides is 1. The predicted octanol–water partition coefficient (Wildman–Crippen LogP) is 1.60. The molecule has 0 radical (unpaired) electrons. The highest BCUT2D eigenvalue weighted by atomic mass is 79.9. The lowest BCUT2D eigenvalue weighted by Crippen LogP contribution is -2.54. The summed E-state index contributed by atoms with van der Waals surface area (Å²) >= 11 is 3.15. The van der Waals surface area contributed by atoms with Gasteiger partial charge in [0.2, 0.25) is 5.60 Å². The van der Waals surface area contributed by atoms with Crippen LogP contribution in [0.15, 0.2) is 24.3 Å². The van der Waals surface area contributed by atoms with Gasteiger partial charge < -0.3 is 15.2 Å². The molecule has 1 aliphatic heterocycles. The molecule has 92 valence electrons. The monoisotopic (exact) mass is 299 g/mol. The van der Waals surface area contributed by atoms with Crippen molar-refractivity contribution >= 4 is 21.8 Å². The van der Waals surface area contributed by atoms with Crippen LogP contribution in [-0.4, -0.2) is 23.6 Å². The van der Waals surface area contributed by atoms with Crippen molar-refractivity contribution in [1.29, 1.82) is 0 Å². The van der Waals surface area contributed by atoms with Gasteiger partial charge in [-0.1, -0.05) is 34.1 Å². The van der Waals surface area contributed by atoms with E-state index < -0.39 is 11.5 Å². The zero-order valence-corrected chi connectivity index (χ0v) is 10.9. The van der Waals surface area contributed by atoms with Crippen LogP contribution in [0.4, 0.5) is 0 Å². The predicted molar refractivity (Wildman–Crippen MR) is 67.1 cm³/mol. The first-order valence-electron chi connectivity index (χ1n) is 5.38. The number of para-hydroxylation sites is 1. The molecule has 0 saturated heterocycles. The Morgan fingerprint density at radius 2 is 2.29 bits per heavy atom. The van der Waals surface area contributed by atoms with E-state index in [1.165, 1.54) is 0 Å². The highest BCUT2D eigenvalue weighted by Gasteiger charge is 2.42. The number of carbonyl (C=O) groups excluding carboxylic acids is 1. The number of benzene rings is 1. The number of nitrogens with two attached hydrogens (primary N) is 1. The average Bonchev–Trinajstić information content (AvgIpc) is 2.36. The van der Waals surface area contributed by atoms with Crippen LogP contribution in [0.2, 0.25) is 0 Å². The minimum absolute atomic E-state index is 0.169. The number of fused-ring (bicyclic) bond motifs is 1. The number of carbonyl (C=O) groups is 1. The maximum atomic E-state index is 11.6. The third kappa shape index (κ3) is 2.45. The van der Waals surface area contributed by atoms with Gasteiger partial charge in [-0.25, -0.2) is 0 Å². The summed E-state index contributed by atoms with van der Waals surface area (Å²) in [4.78, 5) is 11.6. The highest BCUT2D eigenvalue weighted by Crippen LogP contribution is 2.33. The molecule has 17 heavy (non-hydrogen) atoms. The molecule has 2 rings (SSSR count). The molecule has 0 aromatic heterocycles. The molecule has 1 aliphatic rings. The second-order valence-corrected chi connectivity index (χ2v) is 4.48. The Bertz CT molecular complexity index is 424. The zero-order chi connectivity index (χ0) is 12.3. The van der Waals surface area contributed by atoms with E-state index in [0.717, 1.165) is 17.7 Å². The molecule has 0 fully saturated rings. The smallest absolute Gasteiger partial charge is 0.264 e. The number of hydrogen-bond acceptors (Lipinski definition) is 3. The van der Waals surface area contributed by atoms with Gasteiger partial charge in [0.05, 0.1) is 6.61 Å². The molecule has 1 unspecified atom stereocenters. The molecule has 1 amide bonds. The van der Waals surface area contributed by atoms with Gasteiger partial charge in [0.15, 0.2) is 0 Å². The van der Waals surface area contributed by atoms with Crippen molar-refractivity contribution in [2.75, 3.05) is 12.1 Å². The van der Waals surface area contributed by atoms with Crippen molar-refractivity contribution in [2.45, 2.75) is 18.4 Å². The van der Waals surface area contributed by atoms with Crippen molar-refractivity contribution in [1.82, 2.24) is 0 Å². The van der Waals surface area contributed by atoms with Crippen molar-refractivity contribution in [3.05, 3.63) is 29.8 Å². The molecular formula is C12H14BrNO3. The fourth-order valence-electron chi connectivity index (χ4n) is 1.96. The second kappa shape index (κ2) is 5.06. The first-order valence-corrected chi connectivity index (χ1v) is 6.51. The maximum Gasteiger partial charge on any atom is 0.264 e. The van der Waals surface area contributed by atoms with E-state index >= 15 is 0 Å². The van der Waals surface area contributed by atoms with E-state index in [0.29, 0.717) is 11.9 Å². The van der Waals surface area contributed by atoms with Gasteiger partial charge in [0.25, 0.3) is 5.91 Å². The largest absolute Gasteiger partial charge is 0.475 e. The third-order valence-electron chi connectivity index (χ3n) is 2.94. The van der Waals surface area contributed by atoms with Crippen LogP contribution >= 0.6 is 15.9 Å². The van der Waals surface area contributed by atoms with Gasteiger partial charge in [-0.2, -0.15) is 0 Å². The van der Waals surface area contributed by atoms with Crippen molar-refractivity contribution in [2.24, 2.45) is 5.73 Å². The Morgan fingerprint density at radius 1 is 1.53 bits per heavy atom. The van der Waals surface area contributed by atoms with Crippen LogP contribution in [0.5, 0.6) is 5.75 Å². The molecule has 5 heteroatoms. The minimum Gasteiger partial charge on any atom is -0.475 e. The summed E-state index contributed by atoms with van der Waals surface area (Å²) in [6.07, 6.45) is 1.32. The number of alkyl halides is 1. The fraction of sp³-hybridized carbons (Fsp3) is 0.417. The molecule has 0 saturated carbocycles. The lowest BCUT2D eigenvalue weighted by molar-refractivity contribution is -0.140. The molecule has 0 bridgehead atoms. The molecule has 0 spiro atoms. The molecule has 1 aromatic carbocycles. The number of hydrogen-bond donors (Lipinski definition) is 1. The number of ether oxygens (including phenoxy) is 2. The number of rotatable bonds is 4. The normalized spacial score (nSPS) is 22.6. The van der Waals surface area contributed by atoms with Crippen molar-refractivity contribution in [3.63, 3.8) is 0 Å². The Labute approximate surface area is 108 Å². The van der Waals surface area contributed by atoms with Crippen molar-refractivity contribution < 1.29 is 14.3 Å². The fourth-order valence-corrected chi connectivity index (χ4v) is 2.12. The summed E-state index contributed by atoms with van der Waals surface area (Å²) in [7, 11) is 0. The SMILES string of the molecule is NC(=O)C1(COCBr)CCc2ccccc2O1. The van der Waals surface area contributed by atoms with Crippen LogP contribution in [0.1, 0.15) is 12.0 Å². The standard InChI is InChI=1S/C12H14BrNO3/c13-8-16-7-12(11(14)15)6-5-9-3-1-2-4-10(9)17-12/h1-4H,5-8H2,(H2,14,15). The molecule has 1 atom stereocenters. The Morgan fingerprint density at radius 3 is 3.00 bits per heavy atom. The second-order valence-electron chi connectivity index (χ2n) is 4.03. The lowest BCUT2D eigenvalue weighted by atomic mass is 9.91. The van der Waals surface area contributed by atoms with Crippen LogP contribution in [0, 0.1) is 0 Å². The Hall–Kier alpha value is -1.07. The molecule has 1 aromatic rings. The zero-order valence-electron chi connectivity index (χ0n) is 9.32. The van der Waals surface area contributed by atoms with Crippen LogP contribution in [0.25, 0.3) is 0 Å². The summed E-state index contributed by atoms with van der Waals surface area (Å²) < 4.78 is 11.0. The molecule has 2 N–H and O–H groups in total. The van der Waals surface area contributed by atoms with Crippen molar-refractivity contribution in [3.8, 4) is 5.75 Å². The summed E-state index contributed by atoms with van der Waals surface area (Å²) in [5.74, 6) is 0.240. The molecule has 4 nitrogen and oxygen atoms in total. The van der Waals surface area contributed by atoms with E-state index in [1.54, 1.807) is 0 Å². The van der Waals surface area contributed by atoms with Gasteiger partial charge in [-0.3, -0.25) is 4.79 Å². The molecular weight excluding hydrogens is 286 g/mol. The number of aryl methyl sites for hydroxylation is 1. The first-order chi connectivity index (χ1) is 8.18. The van der Waals surface area contributed by atoms with Crippen LogP contribution < -0.4 is 10.5 Å². The maximum absolute atomic E-state index is 11.6. The van der Waals surface area contributed by atoms with Crippen LogP contribution in [0.3, 0.4) is 0 Å². The molecule has 1 heterocycles. The topological polar surface area (TPSA) is 61.6 Å². The average molecular weight is 300 g/mol. The molecule has 0 aliphatic carbocycles. The summed E-state index contributed by atoms with van der Waals surface area (Å²) in [5, 5.41) is 0. The Balaban J connectivity index is 2.24. The van der Waals surface area contributed by atoms with E-state index in [-0.39, 0.29) is 6.61 Å². The van der Waals surface area contributed by atoms with E-state index in [4.69, 9.17) is 15.2 Å². The number of halogens is 1. The Kier molecular flexibility index (Phi) is 3.69. The van der Waals surface area contributed by atoms with Gasteiger partial charge in [0.1, 0.15) is 11.3 Å². The lowest BCUT2D eigenvalue weighted by Gasteiger charge is -2.35. The summed E-state index contributed by atoms with van der Waals surface area (Å²) in [6.45, 7) is 0.169. The summed E-state index contributed by atoms with van der Waals surface area (Å²) in [6, 6.07) is 7.67. The minimum atomic E-state index is -1.04. The van der Waals surface area contributed by atoms with Gasteiger partial charge in [-0.15, -0.1) is 0 Å². The first kappa shape index (κ1) is 12.4. The van der Waals surface area contributed by atoms with E-state index in [1.807, 2.05) is 24.3 Å². The third-order valence-corrected chi connectivity index (χ3v) is 3.26.